The van der Waals surface area contributed by atoms with E-state index in [1.807, 2.05) is 0 Å². The molecule has 0 radical (unpaired) electrons. The second kappa shape index (κ2) is 5.70. The van der Waals surface area contributed by atoms with Gasteiger partial charge in [-0.05, 0) is 25.1 Å². The first kappa shape index (κ1) is 14.3. The smallest absolute Gasteiger partial charge is 0.252 e. The van der Waals surface area contributed by atoms with Gasteiger partial charge >= 0.3 is 0 Å². The van der Waals surface area contributed by atoms with E-state index in [-0.39, 0.29) is 17.1 Å². The van der Waals surface area contributed by atoms with E-state index in [0.717, 1.165) is 0 Å². The van der Waals surface area contributed by atoms with Crippen LogP contribution in [-0.2, 0) is 0 Å². The number of hydrogen-bond donors (Lipinski definition) is 4. The number of rotatable bonds is 5. The van der Waals surface area contributed by atoms with Crippen molar-refractivity contribution in [3.05, 3.63) is 23.8 Å². The second-order valence-electron chi connectivity index (χ2n) is 4.22. The third kappa shape index (κ3) is 3.12. The third-order valence-electron chi connectivity index (χ3n) is 2.55. The lowest BCUT2D eigenvalue weighted by molar-refractivity contribution is 0.0723. The molecule has 0 atom stereocenters. The molecule has 0 saturated carbocycles. The Bertz CT molecular complexity index is 428. The van der Waals surface area contributed by atoms with Crippen LogP contribution in [0.4, 0.5) is 0 Å². The molecule has 100 valence electrons. The van der Waals surface area contributed by atoms with Crippen molar-refractivity contribution in [3.8, 4) is 11.5 Å². The maximum absolute atomic E-state index is 11.8. The number of benzene rings is 1. The average Bonchev–Trinajstić information content (AvgIpc) is 2.38. The SMILES string of the molecule is COc1ccc(C(=O)NC(C)(CO)CO)cc1O. The summed E-state index contributed by atoms with van der Waals surface area (Å²) in [6.45, 7) is 0.725. The minimum absolute atomic E-state index is 0.153. The molecule has 6 heteroatoms. The number of aromatic hydroxyl groups is 1. The minimum Gasteiger partial charge on any atom is -0.504 e. The topological polar surface area (TPSA) is 99.0 Å². The maximum Gasteiger partial charge on any atom is 0.252 e. The summed E-state index contributed by atoms with van der Waals surface area (Å²) < 4.78 is 4.86. The van der Waals surface area contributed by atoms with Crippen LogP contribution in [0.5, 0.6) is 11.5 Å². The van der Waals surface area contributed by atoms with E-state index in [2.05, 4.69) is 5.32 Å². The largest absolute Gasteiger partial charge is 0.504 e. The molecule has 0 fully saturated rings. The van der Waals surface area contributed by atoms with Gasteiger partial charge in [-0.15, -0.1) is 0 Å². The third-order valence-corrected chi connectivity index (χ3v) is 2.55. The zero-order chi connectivity index (χ0) is 13.8. The zero-order valence-electron chi connectivity index (χ0n) is 10.3. The standard InChI is InChI=1S/C12H17NO5/c1-12(6-14,7-15)13-11(17)8-3-4-10(18-2)9(16)5-8/h3-5,14-16H,6-7H2,1-2H3,(H,13,17). The lowest BCUT2D eigenvalue weighted by Gasteiger charge is -2.26. The van der Waals surface area contributed by atoms with E-state index >= 15 is 0 Å². The highest BCUT2D eigenvalue weighted by Crippen LogP contribution is 2.26. The van der Waals surface area contributed by atoms with E-state index in [9.17, 15) is 9.90 Å². The van der Waals surface area contributed by atoms with Gasteiger partial charge in [0.25, 0.3) is 5.91 Å². The van der Waals surface area contributed by atoms with Gasteiger partial charge in [0.2, 0.25) is 0 Å². The van der Waals surface area contributed by atoms with Gasteiger partial charge in [0.1, 0.15) is 0 Å². The molecule has 1 rings (SSSR count). The Morgan fingerprint density at radius 2 is 2.00 bits per heavy atom. The molecule has 1 amide bonds. The van der Waals surface area contributed by atoms with E-state index in [4.69, 9.17) is 14.9 Å². The van der Waals surface area contributed by atoms with Crippen LogP contribution in [0.2, 0.25) is 0 Å². The fourth-order valence-corrected chi connectivity index (χ4v) is 1.31. The molecule has 4 N–H and O–H groups in total. The van der Waals surface area contributed by atoms with Crippen molar-refractivity contribution in [2.75, 3.05) is 20.3 Å². The molecule has 0 aliphatic rings. The quantitative estimate of drug-likeness (QED) is 0.587. The van der Waals surface area contributed by atoms with Gasteiger partial charge in [-0.1, -0.05) is 0 Å². The number of phenols is 1. The fraction of sp³-hybridized carbons (Fsp3) is 0.417. The van der Waals surface area contributed by atoms with Gasteiger partial charge in [-0.3, -0.25) is 4.79 Å². The van der Waals surface area contributed by atoms with Crippen molar-refractivity contribution in [1.29, 1.82) is 0 Å². The van der Waals surface area contributed by atoms with Crippen molar-refractivity contribution in [2.24, 2.45) is 0 Å². The maximum atomic E-state index is 11.8. The summed E-state index contributed by atoms with van der Waals surface area (Å²) in [6.07, 6.45) is 0. The van der Waals surface area contributed by atoms with Gasteiger partial charge in [0, 0.05) is 5.56 Å². The molecule has 0 aliphatic heterocycles. The van der Waals surface area contributed by atoms with E-state index in [1.54, 1.807) is 0 Å². The Morgan fingerprint density at radius 3 is 2.44 bits per heavy atom. The second-order valence-corrected chi connectivity index (χ2v) is 4.22. The van der Waals surface area contributed by atoms with E-state index in [0.29, 0.717) is 0 Å². The number of aliphatic hydroxyl groups is 2. The number of amides is 1. The van der Waals surface area contributed by atoms with Crippen molar-refractivity contribution in [2.45, 2.75) is 12.5 Å². The Hall–Kier alpha value is -1.79. The summed E-state index contributed by atoms with van der Waals surface area (Å²) >= 11 is 0. The van der Waals surface area contributed by atoms with Crippen molar-refractivity contribution in [3.63, 3.8) is 0 Å². The van der Waals surface area contributed by atoms with Gasteiger partial charge < -0.3 is 25.4 Å². The van der Waals surface area contributed by atoms with Crippen LogP contribution >= 0.6 is 0 Å². The number of ether oxygens (including phenoxy) is 1. The summed E-state index contributed by atoms with van der Waals surface area (Å²) in [7, 11) is 1.41. The highest BCUT2D eigenvalue weighted by atomic mass is 16.5. The minimum atomic E-state index is -1.10. The Morgan fingerprint density at radius 1 is 1.39 bits per heavy atom. The molecule has 0 saturated heterocycles. The number of phenolic OH excluding ortho intramolecular Hbond substituents is 1. The highest BCUT2D eigenvalue weighted by Gasteiger charge is 2.25. The molecule has 0 aliphatic carbocycles. The van der Waals surface area contributed by atoms with Gasteiger partial charge in [-0.25, -0.2) is 0 Å². The average molecular weight is 255 g/mol. The number of carbonyl (C=O) groups is 1. The fourth-order valence-electron chi connectivity index (χ4n) is 1.31. The van der Waals surface area contributed by atoms with Gasteiger partial charge in [0.15, 0.2) is 11.5 Å². The number of carbonyl (C=O) groups excluding carboxylic acids is 1. The molecule has 1 aromatic carbocycles. The molecule has 0 heterocycles. The molecule has 0 unspecified atom stereocenters. The first-order chi connectivity index (χ1) is 8.45. The first-order valence-corrected chi connectivity index (χ1v) is 5.37. The van der Waals surface area contributed by atoms with Crippen molar-refractivity contribution >= 4 is 5.91 Å². The van der Waals surface area contributed by atoms with Crippen molar-refractivity contribution in [1.82, 2.24) is 5.32 Å². The van der Waals surface area contributed by atoms with Crippen LogP contribution in [0.25, 0.3) is 0 Å². The predicted molar refractivity (Wildman–Crippen MR) is 64.7 cm³/mol. The van der Waals surface area contributed by atoms with Crippen LogP contribution < -0.4 is 10.1 Å². The lowest BCUT2D eigenvalue weighted by atomic mass is 10.0. The Kier molecular flexibility index (Phi) is 4.52. The summed E-state index contributed by atoms with van der Waals surface area (Å²) in [6, 6.07) is 4.19. The number of nitrogens with one attached hydrogen (secondary N) is 1. The van der Waals surface area contributed by atoms with Crippen LogP contribution in [0, 0.1) is 0 Å². The molecule has 0 aromatic heterocycles. The van der Waals surface area contributed by atoms with Gasteiger partial charge in [0.05, 0.1) is 25.9 Å². The van der Waals surface area contributed by atoms with Crippen LogP contribution in [0.1, 0.15) is 17.3 Å². The summed E-state index contributed by atoms with van der Waals surface area (Å²) in [5.41, 5.74) is -0.895. The van der Waals surface area contributed by atoms with Crippen LogP contribution in [-0.4, -0.2) is 47.1 Å². The van der Waals surface area contributed by atoms with Gasteiger partial charge in [-0.2, -0.15) is 0 Å². The molecule has 6 nitrogen and oxygen atoms in total. The molecular weight excluding hydrogens is 238 g/mol. The summed E-state index contributed by atoms with van der Waals surface area (Å²) in [5, 5.41) is 30.2. The first-order valence-electron chi connectivity index (χ1n) is 5.37. The molecule has 1 aromatic rings. The highest BCUT2D eigenvalue weighted by molar-refractivity contribution is 5.95. The Balaban J connectivity index is 2.88. The van der Waals surface area contributed by atoms with Crippen LogP contribution in [0.15, 0.2) is 18.2 Å². The summed E-state index contributed by atoms with van der Waals surface area (Å²) in [5.74, 6) is -0.392. The van der Waals surface area contributed by atoms with E-state index in [1.165, 1.54) is 32.2 Å². The zero-order valence-corrected chi connectivity index (χ0v) is 10.3. The molecule has 0 bridgehead atoms. The lowest BCUT2D eigenvalue weighted by Crippen LogP contribution is -2.51. The predicted octanol–water partition coefficient (Wildman–Crippen LogP) is -0.126. The molecular formula is C12H17NO5. The molecule has 0 spiro atoms. The normalized spacial score (nSPS) is 11.1. The number of methoxy groups -OCH3 is 1. The monoisotopic (exact) mass is 255 g/mol. The van der Waals surface area contributed by atoms with Crippen LogP contribution in [0.3, 0.4) is 0 Å². The van der Waals surface area contributed by atoms with Crippen molar-refractivity contribution < 1.29 is 24.9 Å². The van der Waals surface area contributed by atoms with E-state index < -0.39 is 24.7 Å². The summed E-state index contributed by atoms with van der Waals surface area (Å²) in [4.78, 5) is 11.8. The Labute approximate surface area is 105 Å². The number of hydrogen-bond acceptors (Lipinski definition) is 5. The number of aliphatic hydroxyl groups excluding tert-OH is 2. The molecule has 18 heavy (non-hydrogen) atoms.